The largest absolute Gasteiger partial charge is 0.357 e. The van der Waals surface area contributed by atoms with Crippen LogP contribution in [0.2, 0.25) is 0 Å². The molecule has 0 aliphatic heterocycles. The van der Waals surface area contributed by atoms with Gasteiger partial charge in [-0.25, -0.2) is 0 Å². The fourth-order valence-electron chi connectivity index (χ4n) is 0.792. The number of aromatic nitrogens is 1. The van der Waals surface area contributed by atoms with E-state index in [0.29, 0.717) is 0 Å². The van der Waals surface area contributed by atoms with Crippen molar-refractivity contribution in [3.8, 4) is 0 Å². The summed E-state index contributed by atoms with van der Waals surface area (Å²) in [5.74, 6) is 5.09. The van der Waals surface area contributed by atoms with Gasteiger partial charge in [0.05, 0.1) is 5.71 Å². The summed E-state index contributed by atoms with van der Waals surface area (Å²) in [6.45, 7) is 1.88. The zero-order valence-electron chi connectivity index (χ0n) is 6.20. The predicted molar refractivity (Wildman–Crippen MR) is 41.8 cm³/mol. The molecule has 0 aliphatic rings. The molecule has 1 aromatic rings. The van der Waals surface area contributed by atoms with Crippen molar-refractivity contribution < 1.29 is 0 Å². The Morgan fingerprint density at radius 2 is 2.40 bits per heavy atom. The van der Waals surface area contributed by atoms with Crippen molar-refractivity contribution in [1.82, 2.24) is 4.57 Å². The van der Waals surface area contributed by atoms with E-state index in [0.717, 1.165) is 11.3 Å². The first kappa shape index (κ1) is 6.86. The van der Waals surface area contributed by atoms with Crippen molar-refractivity contribution in [2.24, 2.45) is 18.0 Å². The van der Waals surface area contributed by atoms with Crippen molar-refractivity contribution in [1.29, 1.82) is 0 Å². The average Bonchev–Trinajstić information content (AvgIpc) is 2.34. The molecule has 1 rings (SSSR count). The molecule has 0 aromatic carbocycles. The second-order valence-corrected chi connectivity index (χ2v) is 2.28. The minimum atomic E-state index is 0.862. The SMILES string of the molecule is C/C(=N/N)c1ccn(C)c1. The highest BCUT2D eigenvalue weighted by Gasteiger charge is 1.95. The molecule has 1 heterocycles. The molecule has 1 aromatic heterocycles. The maximum Gasteiger partial charge on any atom is 0.0657 e. The van der Waals surface area contributed by atoms with E-state index in [2.05, 4.69) is 5.10 Å². The molecule has 3 heteroatoms. The van der Waals surface area contributed by atoms with E-state index in [9.17, 15) is 0 Å². The number of aryl methyl sites for hydroxylation is 1. The van der Waals surface area contributed by atoms with E-state index in [4.69, 9.17) is 5.84 Å². The van der Waals surface area contributed by atoms with E-state index in [-0.39, 0.29) is 0 Å². The Morgan fingerprint density at radius 1 is 1.70 bits per heavy atom. The molecular weight excluding hydrogens is 126 g/mol. The lowest BCUT2D eigenvalue weighted by molar-refractivity contribution is 0.927. The Kier molecular flexibility index (Phi) is 1.76. The van der Waals surface area contributed by atoms with Gasteiger partial charge in [-0.1, -0.05) is 0 Å². The topological polar surface area (TPSA) is 43.3 Å². The smallest absolute Gasteiger partial charge is 0.0657 e. The third-order valence-electron chi connectivity index (χ3n) is 1.44. The van der Waals surface area contributed by atoms with E-state index < -0.39 is 0 Å². The summed E-state index contributed by atoms with van der Waals surface area (Å²) in [5.41, 5.74) is 1.94. The molecule has 0 bridgehead atoms. The molecule has 0 aliphatic carbocycles. The number of nitrogens with two attached hydrogens (primary N) is 1. The summed E-state index contributed by atoms with van der Waals surface area (Å²) in [4.78, 5) is 0. The van der Waals surface area contributed by atoms with E-state index in [1.807, 2.05) is 37.0 Å². The zero-order chi connectivity index (χ0) is 7.56. The number of hydrogen-bond acceptors (Lipinski definition) is 2. The highest BCUT2D eigenvalue weighted by atomic mass is 15.1. The molecule has 0 amide bonds. The van der Waals surface area contributed by atoms with Crippen molar-refractivity contribution in [3.63, 3.8) is 0 Å². The Hall–Kier alpha value is -1.25. The van der Waals surface area contributed by atoms with Gasteiger partial charge in [-0.3, -0.25) is 0 Å². The molecule has 3 nitrogen and oxygen atoms in total. The third kappa shape index (κ3) is 1.18. The number of hydrazone groups is 1. The zero-order valence-corrected chi connectivity index (χ0v) is 6.20. The molecule has 54 valence electrons. The van der Waals surface area contributed by atoms with Crippen LogP contribution in [0.25, 0.3) is 0 Å². The fraction of sp³-hybridized carbons (Fsp3) is 0.286. The van der Waals surface area contributed by atoms with Gasteiger partial charge in [0.25, 0.3) is 0 Å². The Bertz CT molecular complexity index is 247. The van der Waals surface area contributed by atoms with Crippen LogP contribution in [-0.2, 0) is 7.05 Å². The highest BCUT2D eigenvalue weighted by Crippen LogP contribution is 1.99. The quantitative estimate of drug-likeness (QED) is 0.346. The normalized spacial score (nSPS) is 12.0. The van der Waals surface area contributed by atoms with Crippen LogP contribution in [0, 0.1) is 0 Å². The van der Waals surface area contributed by atoms with Gasteiger partial charge in [0.1, 0.15) is 0 Å². The van der Waals surface area contributed by atoms with Gasteiger partial charge in [-0.05, 0) is 13.0 Å². The first-order chi connectivity index (χ1) is 4.74. The molecule has 0 radical (unpaired) electrons. The molecule has 0 unspecified atom stereocenters. The van der Waals surface area contributed by atoms with Crippen LogP contribution in [0.15, 0.2) is 23.6 Å². The number of rotatable bonds is 1. The second kappa shape index (κ2) is 2.56. The maximum atomic E-state index is 5.09. The number of hydrogen-bond donors (Lipinski definition) is 1. The molecule has 0 atom stereocenters. The first-order valence-electron chi connectivity index (χ1n) is 3.11. The molecule has 2 N–H and O–H groups in total. The van der Waals surface area contributed by atoms with Crippen LogP contribution >= 0.6 is 0 Å². The highest BCUT2D eigenvalue weighted by molar-refractivity contribution is 5.98. The van der Waals surface area contributed by atoms with Crippen molar-refractivity contribution >= 4 is 5.71 Å². The Labute approximate surface area is 60.2 Å². The van der Waals surface area contributed by atoms with Crippen molar-refractivity contribution in [3.05, 3.63) is 24.0 Å². The minimum Gasteiger partial charge on any atom is -0.357 e. The molecule has 0 saturated carbocycles. The Morgan fingerprint density at radius 3 is 2.80 bits per heavy atom. The second-order valence-electron chi connectivity index (χ2n) is 2.28. The van der Waals surface area contributed by atoms with Crippen molar-refractivity contribution in [2.75, 3.05) is 0 Å². The van der Waals surface area contributed by atoms with Gasteiger partial charge < -0.3 is 10.4 Å². The minimum absolute atomic E-state index is 0.862. The number of nitrogens with zero attached hydrogens (tertiary/aromatic N) is 2. The Balaban J connectivity index is 2.95. The molecule has 10 heavy (non-hydrogen) atoms. The average molecular weight is 137 g/mol. The lowest BCUT2D eigenvalue weighted by Gasteiger charge is -1.90. The lowest BCUT2D eigenvalue weighted by atomic mass is 10.2. The summed E-state index contributed by atoms with van der Waals surface area (Å²) < 4.78 is 1.96. The summed E-state index contributed by atoms with van der Waals surface area (Å²) in [6, 6.07) is 1.98. The summed E-state index contributed by atoms with van der Waals surface area (Å²) in [7, 11) is 1.97. The lowest BCUT2D eigenvalue weighted by Crippen LogP contribution is -1.96. The van der Waals surface area contributed by atoms with Gasteiger partial charge in [-0.15, -0.1) is 0 Å². The summed E-state index contributed by atoms with van der Waals surface area (Å²) in [6.07, 6.45) is 3.94. The molecule has 0 fully saturated rings. The van der Waals surface area contributed by atoms with Crippen LogP contribution in [0.5, 0.6) is 0 Å². The van der Waals surface area contributed by atoms with Crippen LogP contribution in [0.4, 0.5) is 0 Å². The van der Waals surface area contributed by atoms with E-state index in [1.165, 1.54) is 0 Å². The van der Waals surface area contributed by atoms with Gasteiger partial charge >= 0.3 is 0 Å². The molecule has 0 spiro atoms. The standard InChI is InChI=1S/C7H11N3/c1-6(9-8)7-3-4-10(2)5-7/h3-5H,8H2,1-2H3/b9-6-. The van der Waals surface area contributed by atoms with Gasteiger partial charge in [0.15, 0.2) is 0 Å². The van der Waals surface area contributed by atoms with Crippen molar-refractivity contribution in [2.45, 2.75) is 6.92 Å². The third-order valence-corrected chi connectivity index (χ3v) is 1.44. The van der Waals surface area contributed by atoms with E-state index in [1.54, 1.807) is 0 Å². The van der Waals surface area contributed by atoms with Gasteiger partial charge in [0.2, 0.25) is 0 Å². The summed E-state index contributed by atoms with van der Waals surface area (Å²) >= 11 is 0. The van der Waals surface area contributed by atoms with Crippen LogP contribution < -0.4 is 5.84 Å². The van der Waals surface area contributed by atoms with Gasteiger partial charge in [-0.2, -0.15) is 5.10 Å². The summed E-state index contributed by atoms with van der Waals surface area (Å²) in [5, 5.41) is 3.58. The van der Waals surface area contributed by atoms with Gasteiger partial charge in [0, 0.05) is 25.0 Å². The maximum absolute atomic E-state index is 5.09. The monoisotopic (exact) mass is 137 g/mol. The van der Waals surface area contributed by atoms with Crippen LogP contribution in [0.1, 0.15) is 12.5 Å². The van der Waals surface area contributed by atoms with E-state index >= 15 is 0 Å². The molecule has 0 saturated heterocycles. The predicted octanol–water partition coefficient (Wildman–Crippen LogP) is 0.708. The first-order valence-corrected chi connectivity index (χ1v) is 3.11. The molecular formula is C7H11N3. The fourth-order valence-corrected chi connectivity index (χ4v) is 0.792. The van der Waals surface area contributed by atoms with Crippen LogP contribution in [0.3, 0.4) is 0 Å². The van der Waals surface area contributed by atoms with Crippen LogP contribution in [-0.4, -0.2) is 10.3 Å².